The molecule has 1 saturated heterocycles. The van der Waals surface area contributed by atoms with E-state index in [1.54, 1.807) is 16.8 Å². The van der Waals surface area contributed by atoms with Gasteiger partial charge in [0.1, 0.15) is 5.82 Å². The molecular formula is C25H27FN4O. The second-order valence-electron chi connectivity index (χ2n) is 8.60. The van der Waals surface area contributed by atoms with E-state index < -0.39 is 0 Å². The first-order chi connectivity index (χ1) is 15.1. The number of hydrazine groups is 1. The molecule has 0 spiro atoms. The average molecular weight is 419 g/mol. The van der Waals surface area contributed by atoms with E-state index in [4.69, 9.17) is 0 Å². The molecule has 1 saturated carbocycles. The molecule has 0 unspecified atom stereocenters. The number of rotatable bonds is 5. The maximum atomic E-state index is 13.5. The van der Waals surface area contributed by atoms with E-state index in [-0.39, 0.29) is 11.7 Å². The minimum Gasteiger partial charge on any atom is -0.283 e. The molecule has 6 heteroatoms. The predicted octanol–water partition coefficient (Wildman–Crippen LogP) is 4.99. The highest BCUT2D eigenvalue weighted by Crippen LogP contribution is 2.40. The number of carbonyl (C=O) groups excluding carboxylic acids is 1. The number of carbonyl (C=O) groups is 1. The summed E-state index contributed by atoms with van der Waals surface area (Å²) in [4.78, 5) is 13.1. The number of hydrogen-bond acceptors (Lipinski definition) is 3. The zero-order valence-electron chi connectivity index (χ0n) is 17.8. The maximum Gasteiger partial charge on any atom is 0.286 e. The van der Waals surface area contributed by atoms with Crippen LogP contribution in [-0.2, 0) is 0 Å². The maximum absolute atomic E-state index is 13.5. The van der Waals surface area contributed by atoms with Crippen LogP contribution < -0.4 is 5.43 Å². The van der Waals surface area contributed by atoms with Crippen molar-refractivity contribution in [1.29, 1.82) is 0 Å². The largest absolute Gasteiger partial charge is 0.286 e. The van der Waals surface area contributed by atoms with Crippen molar-refractivity contribution in [3.05, 3.63) is 71.2 Å². The number of piperidine rings is 1. The minimum atomic E-state index is -0.300. The summed E-state index contributed by atoms with van der Waals surface area (Å²) in [6.45, 7) is 3.65. The number of halogens is 1. The summed E-state index contributed by atoms with van der Waals surface area (Å²) in [5.74, 6) is 0.185. The standard InChI is InChI=1S/C25H27FN4O/c1-17-23(25(31)28-29-15-3-2-4-16-29)27-30(22-13-11-21(26)12-14-22)24(17)20-9-7-19(8-10-20)18-5-6-18/h7-14,18H,2-6,15-16H2,1H3,(H,28,31). The van der Waals surface area contributed by atoms with E-state index in [0.29, 0.717) is 11.6 Å². The van der Waals surface area contributed by atoms with E-state index in [9.17, 15) is 9.18 Å². The molecule has 1 amide bonds. The first-order valence-electron chi connectivity index (χ1n) is 11.1. The Morgan fingerprint density at radius 1 is 1.00 bits per heavy atom. The summed E-state index contributed by atoms with van der Waals surface area (Å²) in [5.41, 5.74) is 8.17. The third kappa shape index (κ3) is 4.12. The molecule has 0 radical (unpaired) electrons. The molecule has 5 nitrogen and oxygen atoms in total. The second-order valence-corrected chi connectivity index (χ2v) is 8.60. The van der Waals surface area contributed by atoms with Gasteiger partial charge in [-0.05, 0) is 68.4 Å². The first kappa shape index (κ1) is 19.9. The normalized spacial score (nSPS) is 17.0. The van der Waals surface area contributed by atoms with E-state index in [2.05, 4.69) is 34.8 Å². The van der Waals surface area contributed by atoms with Gasteiger partial charge in [0.05, 0.1) is 11.4 Å². The monoisotopic (exact) mass is 418 g/mol. The van der Waals surface area contributed by atoms with Crippen LogP contribution >= 0.6 is 0 Å². The van der Waals surface area contributed by atoms with Gasteiger partial charge in [-0.3, -0.25) is 10.2 Å². The Kier molecular flexibility index (Phi) is 5.32. The third-order valence-electron chi connectivity index (χ3n) is 6.26. The van der Waals surface area contributed by atoms with E-state index in [1.807, 2.05) is 11.9 Å². The molecule has 2 aromatic carbocycles. The summed E-state index contributed by atoms with van der Waals surface area (Å²) in [6.07, 6.45) is 5.88. The van der Waals surface area contributed by atoms with Gasteiger partial charge in [0.2, 0.25) is 0 Å². The van der Waals surface area contributed by atoms with Crippen molar-refractivity contribution in [3.63, 3.8) is 0 Å². The van der Waals surface area contributed by atoms with Gasteiger partial charge in [-0.2, -0.15) is 5.10 Å². The topological polar surface area (TPSA) is 50.2 Å². The van der Waals surface area contributed by atoms with Crippen molar-refractivity contribution in [2.24, 2.45) is 0 Å². The van der Waals surface area contributed by atoms with E-state index in [1.165, 1.54) is 37.0 Å². The van der Waals surface area contributed by atoms with Crippen LogP contribution in [0.1, 0.15) is 59.6 Å². The van der Waals surface area contributed by atoms with Gasteiger partial charge in [0.25, 0.3) is 5.91 Å². The lowest BCUT2D eigenvalue weighted by Crippen LogP contribution is -2.45. The smallest absolute Gasteiger partial charge is 0.283 e. The van der Waals surface area contributed by atoms with Gasteiger partial charge < -0.3 is 0 Å². The Morgan fingerprint density at radius 2 is 1.68 bits per heavy atom. The Balaban J connectivity index is 1.53. The molecule has 1 aliphatic carbocycles. The highest BCUT2D eigenvalue weighted by atomic mass is 19.1. The lowest BCUT2D eigenvalue weighted by molar-refractivity contribution is 0.0743. The summed E-state index contributed by atoms with van der Waals surface area (Å²) >= 11 is 0. The Bertz CT molecular complexity index is 1080. The molecule has 160 valence electrons. The lowest BCUT2D eigenvalue weighted by atomic mass is 10.0. The predicted molar refractivity (Wildman–Crippen MR) is 119 cm³/mol. The number of nitrogens with zero attached hydrogens (tertiary/aromatic N) is 3. The van der Waals surface area contributed by atoms with Crippen molar-refractivity contribution in [2.45, 2.75) is 44.9 Å². The summed E-state index contributed by atoms with van der Waals surface area (Å²) in [7, 11) is 0. The van der Waals surface area contributed by atoms with Crippen LogP contribution in [0.4, 0.5) is 4.39 Å². The number of amides is 1. The van der Waals surface area contributed by atoms with Crippen LogP contribution in [0.5, 0.6) is 0 Å². The zero-order valence-corrected chi connectivity index (χ0v) is 17.8. The van der Waals surface area contributed by atoms with E-state index >= 15 is 0 Å². The summed E-state index contributed by atoms with van der Waals surface area (Å²) in [5, 5.41) is 6.66. The fraction of sp³-hybridized carbons (Fsp3) is 0.360. The SMILES string of the molecule is Cc1c(C(=O)NN2CCCCC2)nn(-c2ccc(F)cc2)c1-c1ccc(C2CC2)cc1. The molecular weight excluding hydrogens is 391 g/mol. The molecule has 1 N–H and O–H groups in total. The van der Waals surface area contributed by atoms with Crippen LogP contribution in [0.15, 0.2) is 48.5 Å². The summed E-state index contributed by atoms with van der Waals surface area (Å²) < 4.78 is 15.3. The van der Waals surface area contributed by atoms with Crippen molar-refractivity contribution >= 4 is 5.91 Å². The molecule has 2 heterocycles. The first-order valence-corrected chi connectivity index (χ1v) is 11.1. The molecule has 1 aromatic heterocycles. The van der Waals surface area contributed by atoms with Gasteiger partial charge in [-0.1, -0.05) is 30.7 Å². The highest BCUT2D eigenvalue weighted by Gasteiger charge is 2.26. The molecule has 5 rings (SSSR count). The molecule has 2 fully saturated rings. The number of hydrogen-bond donors (Lipinski definition) is 1. The van der Waals surface area contributed by atoms with Crippen LogP contribution in [-0.4, -0.2) is 33.8 Å². The van der Waals surface area contributed by atoms with Gasteiger partial charge in [0.15, 0.2) is 5.69 Å². The van der Waals surface area contributed by atoms with Gasteiger partial charge in [0, 0.05) is 24.2 Å². The van der Waals surface area contributed by atoms with Gasteiger partial charge in [-0.25, -0.2) is 14.1 Å². The van der Waals surface area contributed by atoms with Crippen LogP contribution in [0.3, 0.4) is 0 Å². The van der Waals surface area contributed by atoms with Crippen LogP contribution in [0, 0.1) is 12.7 Å². The van der Waals surface area contributed by atoms with Crippen LogP contribution in [0.25, 0.3) is 16.9 Å². The Labute approximate surface area is 181 Å². The van der Waals surface area contributed by atoms with E-state index in [0.717, 1.165) is 48.4 Å². The highest BCUT2D eigenvalue weighted by molar-refractivity contribution is 5.95. The minimum absolute atomic E-state index is 0.198. The van der Waals surface area contributed by atoms with Crippen molar-refractivity contribution in [3.8, 4) is 16.9 Å². The van der Waals surface area contributed by atoms with Crippen molar-refractivity contribution < 1.29 is 9.18 Å². The molecule has 2 aliphatic rings. The fourth-order valence-corrected chi connectivity index (χ4v) is 4.35. The Morgan fingerprint density at radius 3 is 2.32 bits per heavy atom. The van der Waals surface area contributed by atoms with Crippen molar-refractivity contribution in [2.75, 3.05) is 13.1 Å². The fourth-order valence-electron chi connectivity index (χ4n) is 4.35. The lowest BCUT2D eigenvalue weighted by Gasteiger charge is -2.26. The molecule has 1 aliphatic heterocycles. The molecule has 0 bridgehead atoms. The van der Waals surface area contributed by atoms with Gasteiger partial charge >= 0.3 is 0 Å². The van der Waals surface area contributed by atoms with Gasteiger partial charge in [-0.15, -0.1) is 0 Å². The molecule has 31 heavy (non-hydrogen) atoms. The molecule has 3 aromatic rings. The number of nitrogens with one attached hydrogen (secondary N) is 1. The molecule has 0 atom stereocenters. The zero-order chi connectivity index (χ0) is 21.4. The number of benzene rings is 2. The average Bonchev–Trinajstić information content (AvgIpc) is 3.58. The number of aromatic nitrogens is 2. The van der Waals surface area contributed by atoms with Crippen molar-refractivity contribution in [1.82, 2.24) is 20.2 Å². The second kappa shape index (κ2) is 8.27. The van der Waals surface area contributed by atoms with Crippen LogP contribution in [0.2, 0.25) is 0 Å². The third-order valence-corrected chi connectivity index (χ3v) is 6.26. The Hall–Kier alpha value is -2.99. The summed E-state index contributed by atoms with van der Waals surface area (Å²) in [6, 6.07) is 14.8. The quantitative estimate of drug-likeness (QED) is 0.635.